The van der Waals surface area contributed by atoms with Crippen LogP contribution >= 0.6 is 0 Å². The van der Waals surface area contributed by atoms with Crippen LogP contribution in [0.5, 0.6) is 0 Å². The van der Waals surface area contributed by atoms with Gasteiger partial charge in [0.15, 0.2) is 0 Å². The third kappa shape index (κ3) is 4.75. The van der Waals surface area contributed by atoms with E-state index in [1.54, 1.807) is 6.07 Å². The van der Waals surface area contributed by atoms with Gasteiger partial charge in [-0.1, -0.05) is 32.9 Å². The van der Waals surface area contributed by atoms with Crippen molar-refractivity contribution in [2.75, 3.05) is 19.6 Å². The van der Waals surface area contributed by atoms with Gasteiger partial charge in [0.2, 0.25) is 0 Å². The molecule has 0 spiro atoms. The monoisotopic (exact) mass is 252 g/mol. The molecule has 0 fully saturated rings. The molecule has 0 aliphatic carbocycles. The fourth-order valence-corrected chi connectivity index (χ4v) is 1.96. The molecule has 1 rings (SSSR count). The third-order valence-corrected chi connectivity index (χ3v) is 3.15. The van der Waals surface area contributed by atoms with Crippen molar-refractivity contribution >= 4 is 0 Å². The van der Waals surface area contributed by atoms with Gasteiger partial charge in [-0.05, 0) is 37.7 Å². The van der Waals surface area contributed by atoms with E-state index >= 15 is 0 Å². The van der Waals surface area contributed by atoms with Gasteiger partial charge in [0.1, 0.15) is 5.82 Å². The summed E-state index contributed by atoms with van der Waals surface area (Å²) in [6.07, 6.45) is 1.12. The zero-order valence-corrected chi connectivity index (χ0v) is 11.8. The van der Waals surface area contributed by atoms with E-state index in [4.69, 9.17) is 0 Å². The molecule has 1 aromatic carbocycles. The van der Waals surface area contributed by atoms with Crippen LogP contribution in [0.3, 0.4) is 0 Å². The highest BCUT2D eigenvalue weighted by atomic mass is 19.1. The predicted octanol–water partition coefficient (Wildman–Crippen LogP) is 3.17. The summed E-state index contributed by atoms with van der Waals surface area (Å²) in [5, 5.41) is 3.34. The van der Waals surface area contributed by atoms with Gasteiger partial charge in [-0.3, -0.25) is 4.90 Å². The second kappa shape index (κ2) is 8.22. The van der Waals surface area contributed by atoms with Crippen LogP contribution in [0.1, 0.15) is 38.3 Å². The first-order chi connectivity index (χ1) is 8.71. The van der Waals surface area contributed by atoms with E-state index in [0.29, 0.717) is 6.54 Å². The summed E-state index contributed by atoms with van der Waals surface area (Å²) in [6.45, 7) is 10.8. The van der Waals surface area contributed by atoms with Crippen molar-refractivity contribution in [3.8, 4) is 0 Å². The van der Waals surface area contributed by atoms with Gasteiger partial charge in [0, 0.05) is 18.7 Å². The number of halogens is 1. The van der Waals surface area contributed by atoms with Crippen molar-refractivity contribution in [2.24, 2.45) is 0 Å². The van der Waals surface area contributed by atoms with Crippen molar-refractivity contribution in [3.05, 3.63) is 35.1 Å². The number of hydrogen-bond acceptors (Lipinski definition) is 2. The largest absolute Gasteiger partial charge is 0.313 e. The Morgan fingerprint density at radius 1 is 1.17 bits per heavy atom. The van der Waals surface area contributed by atoms with Gasteiger partial charge >= 0.3 is 0 Å². The first kappa shape index (κ1) is 15.1. The molecule has 0 bridgehead atoms. The summed E-state index contributed by atoms with van der Waals surface area (Å²) in [4.78, 5) is 2.22. The highest BCUT2D eigenvalue weighted by molar-refractivity contribution is 5.25. The SMILES string of the molecule is CCCNCc1ccc(F)c(CN(CC)CC)c1. The second-order valence-electron chi connectivity index (χ2n) is 4.56. The molecule has 0 aromatic heterocycles. The Kier molecular flexibility index (Phi) is 6.91. The fourth-order valence-electron chi connectivity index (χ4n) is 1.96. The van der Waals surface area contributed by atoms with E-state index in [9.17, 15) is 4.39 Å². The summed E-state index contributed by atoms with van der Waals surface area (Å²) in [7, 11) is 0. The molecule has 102 valence electrons. The molecule has 0 heterocycles. The van der Waals surface area contributed by atoms with Gasteiger partial charge in [-0.2, -0.15) is 0 Å². The zero-order chi connectivity index (χ0) is 13.4. The average molecular weight is 252 g/mol. The van der Waals surface area contributed by atoms with E-state index in [1.807, 2.05) is 12.1 Å². The van der Waals surface area contributed by atoms with Gasteiger partial charge in [0.05, 0.1) is 0 Å². The highest BCUT2D eigenvalue weighted by Gasteiger charge is 2.07. The molecule has 1 aromatic rings. The first-order valence-electron chi connectivity index (χ1n) is 6.91. The van der Waals surface area contributed by atoms with Crippen LogP contribution in [-0.4, -0.2) is 24.5 Å². The number of nitrogens with zero attached hydrogens (tertiary/aromatic N) is 1. The molecule has 1 N–H and O–H groups in total. The van der Waals surface area contributed by atoms with E-state index in [2.05, 4.69) is 31.0 Å². The van der Waals surface area contributed by atoms with Crippen LogP contribution in [0.25, 0.3) is 0 Å². The Bertz CT molecular complexity index is 348. The van der Waals surface area contributed by atoms with Crippen LogP contribution in [0.4, 0.5) is 4.39 Å². The summed E-state index contributed by atoms with van der Waals surface area (Å²) < 4.78 is 13.7. The van der Waals surface area contributed by atoms with Crippen molar-refractivity contribution < 1.29 is 4.39 Å². The zero-order valence-electron chi connectivity index (χ0n) is 11.8. The average Bonchev–Trinajstić information content (AvgIpc) is 2.39. The van der Waals surface area contributed by atoms with Crippen LogP contribution < -0.4 is 5.32 Å². The molecule has 0 unspecified atom stereocenters. The lowest BCUT2D eigenvalue weighted by molar-refractivity contribution is 0.291. The Balaban J connectivity index is 2.68. The smallest absolute Gasteiger partial charge is 0.127 e. The molecule has 18 heavy (non-hydrogen) atoms. The van der Waals surface area contributed by atoms with Gasteiger partial charge in [-0.25, -0.2) is 4.39 Å². The van der Waals surface area contributed by atoms with Crippen LogP contribution in [0.2, 0.25) is 0 Å². The van der Waals surface area contributed by atoms with Crippen LogP contribution in [0, 0.1) is 5.82 Å². The maximum absolute atomic E-state index is 13.7. The molecule has 0 saturated heterocycles. The van der Waals surface area contributed by atoms with Crippen molar-refractivity contribution in [1.82, 2.24) is 10.2 Å². The summed E-state index contributed by atoms with van der Waals surface area (Å²) in [6, 6.07) is 5.43. The molecular weight excluding hydrogens is 227 g/mol. The maximum atomic E-state index is 13.7. The number of nitrogens with one attached hydrogen (secondary N) is 1. The van der Waals surface area contributed by atoms with Gasteiger partial charge in [-0.15, -0.1) is 0 Å². The van der Waals surface area contributed by atoms with Gasteiger partial charge in [0.25, 0.3) is 0 Å². The third-order valence-electron chi connectivity index (χ3n) is 3.15. The molecule has 0 aliphatic heterocycles. The molecular formula is C15H25FN2. The molecule has 0 amide bonds. The predicted molar refractivity (Wildman–Crippen MR) is 75.0 cm³/mol. The van der Waals surface area contributed by atoms with Crippen molar-refractivity contribution in [2.45, 2.75) is 40.3 Å². The normalized spacial score (nSPS) is 11.2. The fraction of sp³-hybridized carbons (Fsp3) is 0.600. The Hall–Kier alpha value is -0.930. The maximum Gasteiger partial charge on any atom is 0.127 e. The summed E-state index contributed by atoms with van der Waals surface area (Å²) in [5.41, 5.74) is 1.96. The van der Waals surface area contributed by atoms with Crippen molar-refractivity contribution in [1.29, 1.82) is 0 Å². The van der Waals surface area contributed by atoms with E-state index in [-0.39, 0.29) is 5.82 Å². The molecule has 0 aliphatic rings. The minimum Gasteiger partial charge on any atom is -0.313 e. The lowest BCUT2D eigenvalue weighted by Crippen LogP contribution is -2.23. The Morgan fingerprint density at radius 2 is 1.89 bits per heavy atom. The highest BCUT2D eigenvalue weighted by Crippen LogP contribution is 2.13. The van der Waals surface area contributed by atoms with Gasteiger partial charge < -0.3 is 5.32 Å². The van der Waals surface area contributed by atoms with Crippen LogP contribution in [0.15, 0.2) is 18.2 Å². The number of rotatable bonds is 8. The molecule has 3 heteroatoms. The lowest BCUT2D eigenvalue weighted by Gasteiger charge is -2.19. The van der Waals surface area contributed by atoms with E-state index < -0.39 is 0 Å². The quantitative estimate of drug-likeness (QED) is 0.715. The van der Waals surface area contributed by atoms with E-state index in [0.717, 1.165) is 43.7 Å². The molecule has 0 atom stereocenters. The minimum absolute atomic E-state index is 0.0962. The standard InChI is InChI=1S/C15H25FN2/c1-4-9-17-11-13-7-8-15(16)14(10-13)12-18(5-2)6-3/h7-8,10,17H,4-6,9,11-12H2,1-3H3. The Labute approximate surface area is 110 Å². The first-order valence-corrected chi connectivity index (χ1v) is 6.91. The number of hydrogen-bond donors (Lipinski definition) is 1. The second-order valence-corrected chi connectivity index (χ2v) is 4.56. The lowest BCUT2D eigenvalue weighted by atomic mass is 10.1. The van der Waals surface area contributed by atoms with Crippen molar-refractivity contribution in [3.63, 3.8) is 0 Å². The summed E-state index contributed by atoms with van der Waals surface area (Å²) >= 11 is 0. The number of benzene rings is 1. The molecule has 0 radical (unpaired) electrons. The molecule has 2 nitrogen and oxygen atoms in total. The summed E-state index contributed by atoms with van der Waals surface area (Å²) in [5.74, 6) is -0.0962. The Morgan fingerprint density at radius 3 is 2.50 bits per heavy atom. The van der Waals surface area contributed by atoms with E-state index in [1.165, 1.54) is 0 Å². The molecule has 0 saturated carbocycles. The minimum atomic E-state index is -0.0962. The van der Waals surface area contributed by atoms with Crippen LogP contribution in [-0.2, 0) is 13.1 Å². The topological polar surface area (TPSA) is 15.3 Å².